The Labute approximate surface area is 196 Å². The van der Waals surface area contributed by atoms with Crippen molar-refractivity contribution in [2.75, 3.05) is 11.9 Å². The molecule has 35 heavy (non-hydrogen) atoms. The summed E-state index contributed by atoms with van der Waals surface area (Å²) in [5.74, 6) is -1.22. The molecular weight excluding hydrogens is 467 g/mol. The number of fused-ring (bicyclic) bond motifs is 1. The topological polar surface area (TPSA) is 93.9 Å². The SMILES string of the molecule is CN(C(=O)c1ccc(OC(F)(F)F)cc1)c1ccc(Oc2ccc3cc(C(=O)O)n(C)c3c2)nc1. The number of anilines is 1. The van der Waals surface area contributed by atoms with Crippen molar-refractivity contribution < 1.29 is 37.3 Å². The van der Waals surface area contributed by atoms with Gasteiger partial charge in [0.05, 0.1) is 17.4 Å². The van der Waals surface area contributed by atoms with Crippen LogP contribution in [0.4, 0.5) is 18.9 Å². The standard InChI is InChI=1S/C24H18F3N3O5/c1-29(22(31)14-3-7-17(8-4-14)35-24(25,26)27)16-6-10-21(28-13-16)34-18-9-5-15-11-20(23(32)33)30(2)19(15)12-18/h3-13H,1-2H3,(H,32,33). The largest absolute Gasteiger partial charge is 0.573 e. The summed E-state index contributed by atoms with van der Waals surface area (Å²) in [6, 6.07) is 14.4. The Hall–Kier alpha value is -4.54. The van der Waals surface area contributed by atoms with Crippen LogP contribution in [0.1, 0.15) is 20.8 Å². The highest BCUT2D eigenvalue weighted by atomic mass is 19.4. The van der Waals surface area contributed by atoms with Crippen LogP contribution in [0.25, 0.3) is 10.9 Å². The summed E-state index contributed by atoms with van der Waals surface area (Å²) in [6.45, 7) is 0. The van der Waals surface area contributed by atoms with Gasteiger partial charge in [0.1, 0.15) is 17.2 Å². The lowest BCUT2D eigenvalue weighted by molar-refractivity contribution is -0.274. The summed E-state index contributed by atoms with van der Waals surface area (Å²) in [4.78, 5) is 29.5. The average Bonchev–Trinajstić information content (AvgIpc) is 3.14. The number of ether oxygens (including phenoxy) is 2. The molecule has 4 aromatic rings. The van der Waals surface area contributed by atoms with E-state index in [9.17, 15) is 27.9 Å². The Balaban J connectivity index is 1.46. The number of carboxylic acid groups (broad SMARTS) is 1. The third-order valence-corrected chi connectivity index (χ3v) is 5.21. The molecule has 0 aliphatic rings. The molecule has 8 nitrogen and oxygen atoms in total. The molecule has 2 aromatic heterocycles. The number of carbonyl (C=O) groups excluding carboxylic acids is 1. The average molecular weight is 485 g/mol. The molecule has 1 amide bonds. The molecule has 0 fully saturated rings. The molecule has 0 aliphatic carbocycles. The van der Waals surface area contributed by atoms with Crippen molar-refractivity contribution in [3.8, 4) is 17.4 Å². The first-order valence-electron chi connectivity index (χ1n) is 10.1. The Morgan fingerprint density at radius 1 is 1.00 bits per heavy atom. The lowest BCUT2D eigenvalue weighted by Crippen LogP contribution is -2.26. The molecule has 0 unspecified atom stereocenters. The van der Waals surface area contributed by atoms with Crippen molar-refractivity contribution in [1.29, 1.82) is 0 Å². The van der Waals surface area contributed by atoms with Gasteiger partial charge in [-0.25, -0.2) is 9.78 Å². The van der Waals surface area contributed by atoms with Gasteiger partial charge in [-0.05, 0) is 48.5 Å². The van der Waals surface area contributed by atoms with Crippen molar-refractivity contribution in [3.63, 3.8) is 0 Å². The molecule has 180 valence electrons. The van der Waals surface area contributed by atoms with Gasteiger partial charge in [0, 0.05) is 37.2 Å². The summed E-state index contributed by atoms with van der Waals surface area (Å²) >= 11 is 0. The van der Waals surface area contributed by atoms with Gasteiger partial charge in [-0.3, -0.25) is 4.79 Å². The molecule has 2 aromatic carbocycles. The summed E-state index contributed by atoms with van der Waals surface area (Å²) in [5.41, 5.74) is 1.42. The Morgan fingerprint density at radius 3 is 2.29 bits per heavy atom. The van der Waals surface area contributed by atoms with E-state index in [4.69, 9.17) is 4.74 Å². The second-order valence-corrected chi connectivity index (χ2v) is 7.51. The van der Waals surface area contributed by atoms with Crippen molar-refractivity contribution in [2.24, 2.45) is 7.05 Å². The molecule has 0 atom stereocenters. The van der Waals surface area contributed by atoms with Crippen molar-refractivity contribution in [1.82, 2.24) is 9.55 Å². The van der Waals surface area contributed by atoms with Crippen molar-refractivity contribution in [3.05, 3.63) is 78.1 Å². The van der Waals surface area contributed by atoms with Gasteiger partial charge in [-0.15, -0.1) is 13.2 Å². The lowest BCUT2D eigenvalue weighted by Gasteiger charge is -2.17. The quantitative estimate of drug-likeness (QED) is 0.402. The predicted molar refractivity (Wildman–Crippen MR) is 120 cm³/mol. The van der Waals surface area contributed by atoms with E-state index in [0.29, 0.717) is 17.0 Å². The van der Waals surface area contributed by atoms with E-state index < -0.39 is 24.0 Å². The summed E-state index contributed by atoms with van der Waals surface area (Å²) in [7, 11) is 3.15. The molecule has 0 bridgehead atoms. The van der Waals surface area contributed by atoms with Crippen LogP contribution in [-0.4, -0.2) is 39.9 Å². The number of pyridine rings is 1. The van der Waals surface area contributed by atoms with Crippen LogP contribution in [0.15, 0.2) is 66.9 Å². The molecule has 0 saturated heterocycles. The molecule has 11 heteroatoms. The zero-order valence-corrected chi connectivity index (χ0v) is 18.4. The molecule has 2 heterocycles. The zero-order chi connectivity index (χ0) is 25.3. The van der Waals surface area contributed by atoms with E-state index in [1.807, 2.05) is 0 Å². The fourth-order valence-corrected chi connectivity index (χ4v) is 3.44. The van der Waals surface area contributed by atoms with E-state index in [2.05, 4.69) is 9.72 Å². The smallest absolute Gasteiger partial charge is 0.477 e. The second-order valence-electron chi connectivity index (χ2n) is 7.51. The molecular formula is C24H18F3N3O5. The van der Waals surface area contributed by atoms with E-state index in [-0.39, 0.29) is 17.1 Å². The van der Waals surface area contributed by atoms with Gasteiger partial charge >= 0.3 is 12.3 Å². The zero-order valence-electron chi connectivity index (χ0n) is 18.4. The first-order valence-corrected chi connectivity index (χ1v) is 10.1. The number of alkyl halides is 3. The highest BCUT2D eigenvalue weighted by Crippen LogP contribution is 2.28. The van der Waals surface area contributed by atoms with Crippen molar-refractivity contribution in [2.45, 2.75) is 6.36 Å². The summed E-state index contributed by atoms with van der Waals surface area (Å²) < 4.78 is 48.0. The van der Waals surface area contributed by atoms with E-state index in [1.54, 1.807) is 48.0 Å². The van der Waals surface area contributed by atoms with E-state index >= 15 is 0 Å². The monoisotopic (exact) mass is 485 g/mol. The third kappa shape index (κ3) is 5.18. The second kappa shape index (κ2) is 9.01. The van der Waals surface area contributed by atoms with E-state index in [1.165, 1.54) is 30.3 Å². The maximum Gasteiger partial charge on any atom is 0.573 e. The molecule has 1 N–H and O–H groups in total. The Kier molecular flexibility index (Phi) is 6.08. The number of hydrogen-bond donors (Lipinski definition) is 1. The van der Waals surface area contributed by atoms with Crippen molar-refractivity contribution >= 4 is 28.5 Å². The molecule has 0 spiro atoms. The van der Waals surface area contributed by atoms with E-state index in [0.717, 1.165) is 17.5 Å². The maximum atomic E-state index is 12.7. The van der Waals surface area contributed by atoms with Crippen LogP contribution in [0, 0.1) is 0 Å². The van der Waals surface area contributed by atoms with Gasteiger partial charge < -0.3 is 24.0 Å². The Morgan fingerprint density at radius 2 is 1.69 bits per heavy atom. The summed E-state index contributed by atoms with van der Waals surface area (Å²) in [5, 5.41) is 10.0. The van der Waals surface area contributed by atoms with Crippen LogP contribution >= 0.6 is 0 Å². The van der Waals surface area contributed by atoms with Gasteiger partial charge in [0.15, 0.2) is 0 Å². The highest BCUT2D eigenvalue weighted by molar-refractivity contribution is 6.05. The van der Waals surface area contributed by atoms with Crippen LogP contribution in [-0.2, 0) is 7.05 Å². The van der Waals surface area contributed by atoms with Gasteiger partial charge in [0.2, 0.25) is 5.88 Å². The number of hydrogen-bond acceptors (Lipinski definition) is 5. The number of amides is 1. The molecule has 0 saturated carbocycles. The van der Waals surface area contributed by atoms with Gasteiger partial charge in [0.25, 0.3) is 5.91 Å². The van der Waals surface area contributed by atoms with Crippen LogP contribution in [0.3, 0.4) is 0 Å². The predicted octanol–water partition coefficient (Wildman–Crippen LogP) is 5.24. The highest BCUT2D eigenvalue weighted by Gasteiger charge is 2.31. The number of halogens is 3. The summed E-state index contributed by atoms with van der Waals surface area (Å²) in [6.07, 6.45) is -3.40. The first-order chi connectivity index (χ1) is 16.5. The fourth-order valence-electron chi connectivity index (χ4n) is 3.44. The number of carboxylic acids is 1. The third-order valence-electron chi connectivity index (χ3n) is 5.21. The number of carbonyl (C=O) groups is 2. The number of nitrogens with zero attached hydrogens (tertiary/aromatic N) is 3. The molecule has 0 radical (unpaired) electrons. The number of aryl methyl sites for hydroxylation is 1. The first kappa shape index (κ1) is 23.6. The van der Waals surface area contributed by atoms with Crippen LogP contribution < -0.4 is 14.4 Å². The Bertz CT molecular complexity index is 1400. The molecule has 0 aliphatic heterocycles. The number of aromatic nitrogens is 2. The van der Waals surface area contributed by atoms with Crippen LogP contribution in [0.2, 0.25) is 0 Å². The lowest BCUT2D eigenvalue weighted by atomic mass is 10.2. The van der Waals surface area contributed by atoms with Gasteiger partial charge in [-0.2, -0.15) is 0 Å². The van der Waals surface area contributed by atoms with Gasteiger partial charge in [-0.1, -0.05) is 0 Å². The molecule has 4 rings (SSSR count). The maximum absolute atomic E-state index is 12.7. The minimum atomic E-state index is -4.81. The number of benzene rings is 2. The normalized spacial score (nSPS) is 11.3. The fraction of sp³-hybridized carbons (Fsp3) is 0.125. The minimum Gasteiger partial charge on any atom is -0.477 e. The van der Waals surface area contributed by atoms with Crippen LogP contribution in [0.5, 0.6) is 17.4 Å². The number of aromatic carboxylic acids is 1. The minimum absolute atomic E-state index is 0.148. The number of rotatable bonds is 6.